The van der Waals surface area contributed by atoms with E-state index in [1.807, 2.05) is 172 Å². The van der Waals surface area contributed by atoms with Crippen LogP contribution in [0.2, 0.25) is 0 Å². The van der Waals surface area contributed by atoms with Gasteiger partial charge in [0.15, 0.2) is 23.3 Å². The average Bonchev–Trinajstić information content (AvgIpc) is 4.02. The van der Waals surface area contributed by atoms with Crippen molar-refractivity contribution >= 4 is 44.1 Å². The van der Waals surface area contributed by atoms with Crippen LogP contribution in [-0.4, -0.2) is 39.9 Å². The lowest BCUT2D eigenvalue weighted by molar-refractivity contribution is 0.482. The lowest BCUT2D eigenvalue weighted by Gasteiger charge is -2.08. The highest BCUT2D eigenvalue weighted by atomic mass is 16.5. The van der Waals surface area contributed by atoms with E-state index in [2.05, 4.69) is 9.97 Å². The summed E-state index contributed by atoms with van der Waals surface area (Å²) in [5.41, 5.74) is 8.80. The number of hydrogen-bond acceptors (Lipinski definition) is 9. The van der Waals surface area contributed by atoms with Gasteiger partial charge >= 0.3 is 0 Å². The third-order valence-corrected chi connectivity index (χ3v) is 11.3. The molecule has 12 rings (SSSR count). The molecule has 3 aromatic heterocycles. The van der Waals surface area contributed by atoms with Gasteiger partial charge in [0.1, 0.15) is 57.1 Å². The van der Waals surface area contributed by atoms with Gasteiger partial charge < -0.3 is 24.2 Å². The molecule has 2 aliphatic heterocycles. The van der Waals surface area contributed by atoms with Gasteiger partial charge in [-0.1, -0.05) is 60.7 Å². The van der Waals surface area contributed by atoms with Crippen molar-refractivity contribution in [3.63, 3.8) is 0 Å². The smallest absolute Gasteiger partial charge is 0.164 e. The predicted molar refractivity (Wildman–Crippen MR) is 250 cm³/mol. The number of ether oxygens (including phenoxy) is 3. The molecular formula is C53H36N8O3. The summed E-state index contributed by atoms with van der Waals surface area (Å²) in [6.07, 6.45) is 0. The molecular weight excluding hydrogens is 797 g/mol. The van der Waals surface area contributed by atoms with Crippen LogP contribution in [0.5, 0.6) is 34.5 Å². The SMILES string of the molecule is Cc1cccc(Oc2ccc3c(c2)-c2nc-3nc3[nH]c(nc4nc(nc5[nH]c(n2)c2ccc(Oc6cccc(C)c6)cc52)-c2ccccc2-4)c2ccc(Oc4cccc(C)c4)cc32)c1. The minimum absolute atomic E-state index is 0.453. The maximum Gasteiger partial charge on any atom is 0.164 e. The molecule has 306 valence electrons. The molecule has 7 aromatic carbocycles. The lowest BCUT2D eigenvalue weighted by atomic mass is 10.1. The van der Waals surface area contributed by atoms with E-state index in [9.17, 15) is 0 Å². The van der Waals surface area contributed by atoms with Gasteiger partial charge in [0, 0.05) is 43.8 Å². The molecule has 0 aliphatic carbocycles. The van der Waals surface area contributed by atoms with Gasteiger partial charge in [-0.05, 0) is 128 Å². The second-order valence-corrected chi connectivity index (χ2v) is 16.0. The number of benzene rings is 7. The van der Waals surface area contributed by atoms with Gasteiger partial charge in [0.2, 0.25) is 0 Å². The summed E-state index contributed by atoms with van der Waals surface area (Å²) in [6, 6.07) is 49.6. The normalized spacial score (nSPS) is 11.7. The predicted octanol–water partition coefficient (Wildman–Crippen LogP) is 13.2. The van der Waals surface area contributed by atoms with Crippen LogP contribution in [0.15, 0.2) is 152 Å². The van der Waals surface area contributed by atoms with E-state index < -0.39 is 0 Å². The van der Waals surface area contributed by atoms with Crippen LogP contribution in [0, 0.1) is 20.8 Å². The zero-order chi connectivity index (χ0) is 42.9. The lowest BCUT2D eigenvalue weighted by Crippen LogP contribution is -1.88. The van der Waals surface area contributed by atoms with E-state index in [0.29, 0.717) is 63.1 Å². The number of nitrogens with zero attached hydrogens (tertiary/aromatic N) is 6. The Morgan fingerprint density at radius 2 is 0.656 bits per heavy atom. The van der Waals surface area contributed by atoms with Crippen LogP contribution >= 0.6 is 0 Å². The molecule has 0 saturated heterocycles. The summed E-state index contributed by atoms with van der Waals surface area (Å²) in [4.78, 5) is 38.2. The first-order valence-corrected chi connectivity index (χ1v) is 20.9. The van der Waals surface area contributed by atoms with Crippen molar-refractivity contribution < 1.29 is 14.2 Å². The molecule has 11 nitrogen and oxygen atoms in total. The van der Waals surface area contributed by atoms with E-state index in [4.69, 9.17) is 44.1 Å². The molecule has 8 bridgehead atoms. The standard InChI is InChI=1S/C53H36N8O3/c1-29-9-6-12-32(23-29)62-35-17-20-40-43(26-35)52-57-48(40)55-46-38-15-4-5-16-39(38)47(54-46)56-51-44-27-36(63-33-13-7-10-30(2)24-33)18-21-41(44)49(58-51)60-53-45-28-37(19-22-42(45)50(59-52)61-53)64-34-14-8-11-31(3)25-34/h4-28H,1-3H3,(H2,54,55,56,57,58,59,60,61). The molecule has 0 radical (unpaired) electrons. The van der Waals surface area contributed by atoms with Crippen molar-refractivity contribution in [2.45, 2.75) is 20.8 Å². The Bertz CT molecular complexity index is 3670. The van der Waals surface area contributed by atoms with Gasteiger partial charge in [0.05, 0.1) is 0 Å². The quantitative estimate of drug-likeness (QED) is 0.168. The molecule has 11 heteroatoms. The van der Waals surface area contributed by atoms with Crippen molar-refractivity contribution in [1.29, 1.82) is 0 Å². The number of aryl methyl sites for hydroxylation is 3. The first kappa shape index (κ1) is 37.1. The fourth-order valence-corrected chi connectivity index (χ4v) is 8.32. The second kappa shape index (κ2) is 14.7. The summed E-state index contributed by atoms with van der Waals surface area (Å²) >= 11 is 0. The molecule has 0 spiro atoms. The van der Waals surface area contributed by atoms with Gasteiger partial charge in [-0.2, -0.15) is 0 Å². The Morgan fingerprint density at radius 3 is 1.09 bits per heavy atom. The van der Waals surface area contributed by atoms with E-state index in [0.717, 1.165) is 77.7 Å². The van der Waals surface area contributed by atoms with Crippen molar-refractivity contribution in [3.8, 4) is 80.0 Å². The van der Waals surface area contributed by atoms with E-state index in [1.54, 1.807) is 0 Å². The molecule has 0 amide bonds. The number of nitrogens with one attached hydrogen (secondary N) is 2. The van der Waals surface area contributed by atoms with E-state index in [1.165, 1.54) is 0 Å². The molecule has 0 unspecified atom stereocenters. The summed E-state index contributed by atoms with van der Waals surface area (Å²) in [6.45, 7) is 6.12. The minimum atomic E-state index is 0.453. The highest BCUT2D eigenvalue weighted by Crippen LogP contribution is 2.40. The summed E-state index contributed by atoms with van der Waals surface area (Å²) in [5, 5.41) is 3.25. The fourth-order valence-electron chi connectivity index (χ4n) is 8.32. The Labute approximate surface area is 366 Å². The van der Waals surface area contributed by atoms with Crippen molar-refractivity contribution in [1.82, 2.24) is 39.9 Å². The van der Waals surface area contributed by atoms with Crippen LogP contribution in [-0.2, 0) is 0 Å². The maximum atomic E-state index is 6.40. The number of rotatable bonds is 6. The molecule has 0 atom stereocenters. The second-order valence-electron chi connectivity index (χ2n) is 16.0. The topological polar surface area (TPSA) is 137 Å². The first-order valence-electron chi connectivity index (χ1n) is 20.9. The van der Waals surface area contributed by atoms with Crippen molar-refractivity contribution in [3.05, 3.63) is 168 Å². The summed E-state index contributed by atoms with van der Waals surface area (Å²) in [7, 11) is 0. The fraction of sp³-hybridized carbons (Fsp3) is 0.0566. The van der Waals surface area contributed by atoms with E-state index >= 15 is 0 Å². The monoisotopic (exact) mass is 832 g/mol. The average molecular weight is 833 g/mol. The van der Waals surface area contributed by atoms with Crippen LogP contribution in [0.1, 0.15) is 16.7 Å². The zero-order valence-corrected chi connectivity index (χ0v) is 34.8. The maximum absolute atomic E-state index is 6.40. The molecule has 64 heavy (non-hydrogen) atoms. The summed E-state index contributed by atoms with van der Waals surface area (Å²) in [5.74, 6) is 6.09. The molecule has 0 saturated carbocycles. The Balaban J connectivity index is 1.13. The number of H-pyrrole nitrogens is 2. The number of aromatic amines is 2. The van der Waals surface area contributed by atoms with Crippen LogP contribution in [0.4, 0.5) is 0 Å². The number of aromatic nitrogens is 8. The number of fused-ring (bicyclic) bond motifs is 20. The third kappa shape index (κ3) is 6.72. The Hall–Kier alpha value is -8.70. The van der Waals surface area contributed by atoms with Gasteiger partial charge in [-0.25, -0.2) is 29.9 Å². The van der Waals surface area contributed by atoms with Gasteiger partial charge in [-0.15, -0.1) is 0 Å². The van der Waals surface area contributed by atoms with Crippen LogP contribution < -0.4 is 14.2 Å². The Kier molecular flexibility index (Phi) is 8.54. The van der Waals surface area contributed by atoms with Gasteiger partial charge in [-0.3, -0.25) is 0 Å². The first-order chi connectivity index (χ1) is 31.3. The molecule has 2 aliphatic rings. The van der Waals surface area contributed by atoms with Crippen molar-refractivity contribution in [2.75, 3.05) is 0 Å². The highest BCUT2D eigenvalue weighted by molar-refractivity contribution is 6.07. The minimum Gasteiger partial charge on any atom is -0.457 e. The molecule has 5 heterocycles. The molecule has 0 fully saturated rings. The van der Waals surface area contributed by atoms with E-state index in [-0.39, 0.29) is 0 Å². The van der Waals surface area contributed by atoms with Crippen molar-refractivity contribution in [2.24, 2.45) is 0 Å². The van der Waals surface area contributed by atoms with Crippen LogP contribution in [0.25, 0.3) is 89.7 Å². The number of hydrogen-bond donors (Lipinski definition) is 2. The largest absolute Gasteiger partial charge is 0.457 e. The highest BCUT2D eigenvalue weighted by Gasteiger charge is 2.23. The molecule has 2 N–H and O–H groups in total. The Morgan fingerprint density at radius 1 is 0.297 bits per heavy atom. The molecule has 10 aromatic rings. The van der Waals surface area contributed by atoms with Crippen LogP contribution in [0.3, 0.4) is 0 Å². The zero-order valence-electron chi connectivity index (χ0n) is 34.8. The third-order valence-electron chi connectivity index (χ3n) is 11.3. The van der Waals surface area contributed by atoms with Gasteiger partial charge in [0.25, 0.3) is 0 Å². The summed E-state index contributed by atoms with van der Waals surface area (Å²) < 4.78 is 19.2.